The van der Waals surface area contributed by atoms with Gasteiger partial charge in [0.05, 0.1) is 6.54 Å². The predicted octanol–water partition coefficient (Wildman–Crippen LogP) is 0.703. The Morgan fingerprint density at radius 1 is 1.25 bits per heavy atom. The molecule has 1 aliphatic carbocycles. The lowest BCUT2D eigenvalue weighted by Gasteiger charge is -2.32. The maximum atomic E-state index is 11.9. The lowest BCUT2D eigenvalue weighted by atomic mass is 9.96. The third-order valence-electron chi connectivity index (χ3n) is 4.66. The smallest absolute Gasteiger partial charge is 0.236 e. The van der Waals surface area contributed by atoms with E-state index < -0.39 is 0 Å². The van der Waals surface area contributed by atoms with Crippen LogP contribution in [0.2, 0.25) is 0 Å². The summed E-state index contributed by atoms with van der Waals surface area (Å²) in [5.74, 6) is 0.952. The second-order valence-corrected chi connectivity index (χ2v) is 6.78. The van der Waals surface area contributed by atoms with Gasteiger partial charge in [-0.05, 0) is 44.7 Å². The van der Waals surface area contributed by atoms with E-state index in [1.165, 1.54) is 0 Å². The number of nitrogens with one attached hydrogen (secondary N) is 1. The maximum Gasteiger partial charge on any atom is 0.236 e. The largest absolute Gasteiger partial charge is 0.355 e. The molecule has 1 saturated heterocycles. The first-order valence-corrected chi connectivity index (χ1v) is 7.61. The maximum absolute atomic E-state index is 11.9. The fourth-order valence-electron chi connectivity index (χ4n) is 2.55. The SMILES string of the molecule is CN(C)C(=O)CN1CCC(CNC(=O)C2(C)CC2)CC1. The van der Waals surface area contributed by atoms with Crippen molar-refractivity contribution in [2.24, 2.45) is 11.3 Å². The lowest BCUT2D eigenvalue weighted by Crippen LogP contribution is -2.43. The van der Waals surface area contributed by atoms with Crippen LogP contribution in [0.25, 0.3) is 0 Å². The number of nitrogens with zero attached hydrogens (tertiary/aromatic N) is 2. The molecule has 5 heteroatoms. The molecule has 0 spiro atoms. The fraction of sp³-hybridized carbons (Fsp3) is 0.867. The van der Waals surface area contributed by atoms with Gasteiger partial charge in [0.15, 0.2) is 0 Å². The molecule has 0 bridgehead atoms. The molecule has 0 unspecified atom stereocenters. The summed E-state index contributed by atoms with van der Waals surface area (Å²) < 4.78 is 0. The molecule has 2 rings (SSSR count). The van der Waals surface area contributed by atoms with Gasteiger partial charge in [0.1, 0.15) is 0 Å². The molecule has 0 aromatic rings. The molecule has 0 radical (unpaired) electrons. The van der Waals surface area contributed by atoms with E-state index in [9.17, 15) is 9.59 Å². The van der Waals surface area contributed by atoms with E-state index in [2.05, 4.69) is 10.2 Å². The van der Waals surface area contributed by atoms with Crippen molar-refractivity contribution >= 4 is 11.8 Å². The van der Waals surface area contributed by atoms with Gasteiger partial charge in [-0.1, -0.05) is 6.92 Å². The van der Waals surface area contributed by atoms with Crippen LogP contribution in [0.1, 0.15) is 32.6 Å². The minimum Gasteiger partial charge on any atom is -0.355 e. The van der Waals surface area contributed by atoms with E-state index in [1.807, 2.05) is 6.92 Å². The van der Waals surface area contributed by atoms with Crippen molar-refractivity contribution in [3.8, 4) is 0 Å². The number of carbonyl (C=O) groups excluding carboxylic acids is 2. The van der Waals surface area contributed by atoms with E-state index >= 15 is 0 Å². The average molecular weight is 281 g/mol. The predicted molar refractivity (Wildman–Crippen MR) is 78.2 cm³/mol. The first-order valence-electron chi connectivity index (χ1n) is 7.61. The van der Waals surface area contributed by atoms with E-state index in [4.69, 9.17) is 0 Å². The van der Waals surface area contributed by atoms with Crippen molar-refractivity contribution in [2.45, 2.75) is 32.6 Å². The number of rotatable bonds is 5. The number of likely N-dealkylation sites (tertiary alicyclic amines) is 1. The summed E-state index contributed by atoms with van der Waals surface area (Å²) in [4.78, 5) is 27.4. The van der Waals surface area contributed by atoms with Crippen molar-refractivity contribution < 1.29 is 9.59 Å². The van der Waals surface area contributed by atoms with E-state index in [0.29, 0.717) is 12.5 Å². The molecular weight excluding hydrogens is 254 g/mol. The van der Waals surface area contributed by atoms with E-state index in [1.54, 1.807) is 19.0 Å². The van der Waals surface area contributed by atoms with Crippen molar-refractivity contribution in [3.63, 3.8) is 0 Å². The highest BCUT2D eigenvalue weighted by Gasteiger charge is 2.44. The molecule has 0 aromatic carbocycles. The third kappa shape index (κ3) is 3.95. The van der Waals surface area contributed by atoms with Gasteiger partial charge in [-0.3, -0.25) is 14.5 Å². The Morgan fingerprint density at radius 3 is 2.35 bits per heavy atom. The van der Waals surface area contributed by atoms with E-state index in [-0.39, 0.29) is 17.2 Å². The van der Waals surface area contributed by atoms with Crippen LogP contribution >= 0.6 is 0 Å². The lowest BCUT2D eigenvalue weighted by molar-refractivity contribution is -0.130. The number of carbonyl (C=O) groups is 2. The molecule has 0 atom stereocenters. The Labute approximate surface area is 121 Å². The summed E-state index contributed by atoms with van der Waals surface area (Å²) >= 11 is 0. The zero-order chi connectivity index (χ0) is 14.8. The minimum atomic E-state index is -0.0706. The average Bonchev–Trinajstić information content (AvgIpc) is 3.16. The normalized spacial score (nSPS) is 22.4. The fourth-order valence-corrected chi connectivity index (χ4v) is 2.55. The Bertz CT molecular complexity index is 369. The van der Waals surface area contributed by atoms with Crippen LogP contribution in [-0.2, 0) is 9.59 Å². The van der Waals surface area contributed by atoms with Gasteiger partial charge in [-0.2, -0.15) is 0 Å². The second-order valence-electron chi connectivity index (χ2n) is 6.78. The zero-order valence-corrected chi connectivity index (χ0v) is 12.9. The van der Waals surface area contributed by atoms with Crippen LogP contribution in [0.4, 0.5) is 0 Å². The first-order chi connectivity index (χ1) is 9.40. The molecule has 5 nitrogen and oxygen atoms in total. The molecule has 114 valence electrons. The number of likely N-dealkylation sites (N-methyl/N-ethyl adjacent to an activating group) is 1. The Kier molecular flexibility index (Phi) is 4.68. The van der Waals surface area contributed by atoms with Gasteiger partial charge in [-0.25, -0.2) is 0 Å². The Morgan fingerprint density at radius 2 is 1.85 bits per heavy atom. The van der Waals surface area contributed by atoms with Gasteiger partial charge in [-0.15, -0.1) is 0 Å². The molecule has 2 fully saturated rings. The van der Waals surface area contributed by atoms with Crippen LogP contribution in [0, 0.1) is 11.3 Å². The second kappa shape index (κ2) is 6.12. The van der Waals surface area contributed by atoms with Crippen LogP contribution in [0.5, 0.6) is 0 Å². The van der Waals surface area contributed by atoms with Gasteiger partial charge >= 0.3 is 0 Å². The highest BCUT2D eigenvalue weighted by molar-refractivity contribution is 5.84. The molecule has 1 aliphatic heterocycles. The van der Waals surface area contributed by atoms with Gasteiger partial charge in [0.2, 0.25) is 11.8 Å². The Hall–Kier alpha value is -1.10. The zero-order valence-electron chi connectivity index (χ0n) is 12.9. The Balaban J connectivity index is 1.64. The number of hydrogen-bond donors (Lipinski definition) is 1. The standard InChI is InChI=1S/C15H27N3O2/c1-15(6-7-15)14(20)16-10-12-4-8-18(9-5-12)11-13(19)17(2)3/h12H,4-11H2,1-3H3,(H,16,20). The number of piperidine rings is 1. The van der Waals surface area contributed by atoms with Crippen molar-refractivity contribution in [1.82, 2.24) is 15.1 Å². The summed E-state index contributed by atoms with van der Waals surface area (Å²) in [5.41, 5.74) is -0.0706. The summed E-state index contributed by atoms with van der Waals surface area (Å²) in [6.07, 6.45) is 4.20. The van der Waals surface area contributed by atoms with Crippen molar-refractivity contribution in [3.05, 3.63) is 0 Å². The molecule has 1 saturated carbocycles. The number of amides is 2. The monoisotopic (exact) mass is 281 g/mol. The molecule has 1 N–H and O–H groups in total. The molecule has 20 heavy (non-hydrogen) atoms. The van der Waals surface area contributed by atoms with Crippen LogP contribution < -0.4 is 5.32 Å². The minimum absolute atomic E-state index is 0.0706. The van der Waals surface area contributed by atoms with E-state index in [0.717, 1.165) is 45.3 Å². The summed E-state index contributed by atoms with van der Waals surface area (Å²) in [6, 6.07) is 0. The molecular formula is C15H27N3O2. The molecule has 1 heterocycles. The highest BCUT2D eigenvalue weighted by Crippen LogP contribution is 2.45. The van der Waals surface area contributed by atoms with Gasteiger partial charge < -0.3 is 10.2 Å². The van der Waals surface area contributed by atoms with Crippen molar-refractivity contribution in [1.29, 1.82) is 0 Å². The molecule has 2 amide bonds. The quantitative estimate of drug-likeness (QED) is 0.807. The third-order valence-corrected chi connectivity index (χ3v) is 4.66. The highest BCUT2D eigenvalue weighted by atomic mass is 16.2. The van der Waals surface area contributed by atoms with Crippen LogP contribution in [0.15, 0.2) is 0 Å². The van der Waals surface area contributed by atoms with Gasteiger partial charge in [0.25, 0.3) is 0 Å². The summed E-state index contributed by atoms with van der Waals surface area (Å²) in [5, 5.41) is 3.10. The number of hydrogen-bond acceptors (Lipinski definition) is 3. The van der Waals surface area contributed by atoms with Crippen LogP contribution in [0.3, 0.4) is 0 Å². The summed E-state index contributed by atoms with van der Waals surface area (Å²) in [6.45, 7) is 5.26. The summed E-state index contributed by atoms with van der Waals surface area (Å²) in [7, 11) is 3.59. The van der Waals surface area contributed by atoms with Gasteiger partial charge in [0, 0.05) is 26.1 Å². The van der Waals surface area contributed by atoms with Crippen molar-refractivity contribution in [2.75, 3.05) is 40.3 Å². The first kappa shape index (κ1) is 15.3. The topological polar surface area (TPSA) is 52.7 Å². The molecule has 0 aromatic heterocycles. The molecule has 2 aliphatic rings. The van der Waals surface area contributed by atoms with Crippen LogP contribution in [-0.4, -0.2) is 61.9 Å².